The second-order valence-corrected chi connectivity index (χ2v) is 9.03. The van der Waals surface area contributed by atoms with Gasteiger partial charge in [-0.3, -0.25) is 0 Å². The van der Waals surface area contributed by atoms with Crippen LogP contribution >= 0.6 is 19.4 Å². The Kier molecular flexibility index (Phi) is 7.87. The molecule has 0 saturated heterocycles. The monoisotopic (exact) mass is 488 g/mol. The average molecular weight is 489 g/mol. The van der Waals surface area contributed by atoms with Crippen molar-refractivity contribution in [2.75, 3.05) is 0 Å². The van der Waals surface area contributed by atoms with Crippen molar-refractivity contribution in [1.29, 1.82) is 0 Å². The summed E-state index contributed by atoms with van der Waals surface area (Å²) in [5.41, 5.74) is 0. The molecule has 0 heterocycles. The molecule has 0 fully saturated rings. The Labute approximate surface area is 203 Å². The molecule has 0 aromatic heterocycles. The molecular weight excluding hydrogens is 467 g/mol. The fourth-order valence-electron chi connectivity index (χ4n) is 3.05. The van der Waals surface area contributed by atoms with E-state index in [1.165, 1.54) is 10.8 Å². The predicted octanol–water partition coefficient (Wildman–Crippen LogP) is 8.82. The molecule has 170 valence electrons. The van der Waals surface area contributed by atoms with Crippen LogP contribution in [0.3, 0.4) is 0 Å². The van der Waals surface area contributed by atoms with E-state index in [0.717, 1.165) is 5.02 Å². The van der Waals surface area contributed by atoms with Gasteiger partial charge in [0.1, 0.15) is 17.2 Å². The second-order valence-electron chi connectivity index (χ2n) is 7.15. The van der Waals surface area contributed by atoms with E-state index in [4.69, 9.17) is 25.2 Å². The fourth-order valence-corrected chi connectivity index (χ4v) is 4.48. The summed E-state index contributed by atoms with van der Waals surface area (Å²) in [6.45, 7) is 0. The lowest BCUT2D eigenvalue weighted by Crippen LogP contribution is -2.07. The lowest BCUT2D eigenvalue weighted by Gasteiger charge is -2.19. The normalized spacial score (nSPS) is 10.6. The SMILES string of the molecule is Clc1ccc2ccccc2c1.O=P(Oc1ccccc1)(Oc1ccccc1)Oc1ccccc1. The Bertz CT molecular complexity index is 1250. The van der Waals surface area contributed by atoms with Crippen molar-refractivity contribution in [3.63, 3.8) is 0 Å². The van der Waals surface area contributed by atoms with Crippen LogP contribution in [0.4, 0.5) is 0 Å². The standard InChI is InChI=1S/C18H15O4P.C10H7Cl/c19-23(20-16-10-4-1-5-11-16,21-17-12-6-2-7-13-17)22-18-14-8-3-9-15-18;11-10-6-5-8-3-1-2-4-9(8)7-10/h1-15H;1-7H. The van der Waals surface area contributed by atoms with Crippen LogP contribution in [-0.2, 0) is 4.57 Å². The molecular formula is C28H22ClO4P. The summed E-state index contributed by atoms with van der Waals surface area (Å²) in [5, 5.41) is 3.22. The number of halogens is 1. The average Bonchev–Trinajstić information content (AvgIpc) is 2.86. The van der Waals surface area contributed by atoms with Gasteiger partial charge in [-0.25, -0.2) is 0 Å². The van der Waals surface area contributed by atoms with Gasteiger partial charge in [0.15, 0.2) is 0 Å². The highest BCUT2D eigenvalue weighted by atomic mass is 35.5. The van der Waals surface area contributed by atoms with Gasteiger partial charge >= 0.3 is 7.82 Å². The summed E-state index contributed by atoms with van der Waals surface area (Å²) in [4.78, 5) is 0. The molecule has 5 aromatic carbocycles. The number of para-hydroxylation sites is 3. The van der Waals surface area contributed by atoms with Gasteiger partial charge in [0, 0.05) is 5.02 Å². The Morgan fingerprint density at radius 3 is 1.29 bits per heavy atom. The first-order valence-corrected chi connectivity index (χ1v) is 12.4. The van der Waals surface area contributed by atoms with E-state index in [1.54, 1.807) is 72.8 Å². The van der Waals surface area contributed by atoms with Crippen molar-refractivity contribution in [1.82, 2.24) is 0 Å². The molecule has 5 aromatic rings. The van der Waals surface area contributed by atoms with Crippen molar-refractivity contribution in [2.24, 2.45) is 0 Å². The zero-order valence-corrected chi connectivity index (χ0v) is 19.8. The van der Waals surface area contributed by atoms with Crippen LogP contribution in [0.25, 0.3) is 10.8 Å². The van der Waals surface area contributed by atoms with Crippen LogP contribution in [0.1, 0.15) is 0 Å². The Morgan fingerprint density at radius 1 is 0.471 bits per heavy atom. The molecule has 0 unspecified atom stereocenters. The van der Waals surface area contributed by atoms with Crippen molar-refractivity contribution in [3.8, 4) is 17.2 Å². The third-order valence-electron chi connectivity index (χ3n) is 4.59. The van der Waals surface area contributed by atoms with E-state index < -0.39 is 7.82 Å². The maximum atomic E-state index is 13.1. The molecule has 0 spiro atoms. The predicted molar refractivity (Wildman–Crippen MR) is 138 cm³/mol. The van der Waals surface area contributed by atoms with Crippen molar-refractivity contribution >= 4 is 30.2 Å². The van der Waals surface area contributed by atoms with Gasteiger partial charge in [-0.1, -0.05) is 96.5 Å². The molecule has 4 nitrogen and oxygen atoms in total. The van der Waals surface area contributed by atoms with Crippen molar-refractivity contribution < 1.29 is 18.1 Å². The Hall–Kier alpha value is -3.72. The van der Waals surface area contributed by atoms with Crippen LogP contribution in [-0.4, -0.2) is 0 Å². The van der Waals surface area contributed by atoms with Gasteiger partial charge in [0.25, 0.3) is 0 Å². The third kappa shape index (κ3) is 6.89. The fraction of sp³-hybridized carbons (Fsp3) is 0. The number of hydrogen-bond donors (Lipinski definition) is 0. The highest BCUT2D eigenvalue weighted by Crippen LogP contribution is 2.49. The molecule has 0 atom stereocenters. The van der Waals surface area contributed by atoms with E-state index in [1.807, 2.05) is 48.5 Å². The summed E-state index contributed by atoms with van der Waals surface area (Å²) < 4.78 is 29.6. The minimum atomic E-state index is -3.89. The summed E-state index contributed by atoms with van der Waals surface area (Å²) in [7, 11) is -3.89. The summed E-state index contributed by atoms with van der Waals surface area (Å²) in [6.07, 6.45) is 0. The second kappa shape index (κ2) is 11.4. The van der Waals surface area contributed by atoms with Gasteiger partial charge in [0.05, 0.1) is 0 Å². The number of fused-ring (bicyclic) bond motifs is 1. The maximum Gasteiger partial charge on any atom is 0.647 e. The van der Waals surface area contributed by atoms with Gasteiger partial charge in [0.2, 0.25) is 0 Å². The molecule has 0 saturated carbocycles. The number of rotatable bonds is 6. The van der Waals surface area contributed by atoms with Gasteiger partial charge in [-0.05, 0) is 59.3 Å². The molecule has 0 N–H and O–H groups in total. The van der Waals surface area contributed by atoms with Crippen LogP contribution in [0.5, 0.6) is 17.2 Å². The lowest BCUT2D eigenvalue weighted by atomic mass is 10.1. The largest absolute Gasteiger partial charge is 0.647 e. The van der Waals surface area contributed by atoms with Crippen LogP contribution in [0, 0.1) is 0 Å². The molecule has 5 rings (SSSR count). The third-order valence-corrected chi connectivity index (χ3v) is 6.13. The lowest BCUT2D eigenvalue weighted by molar-refractivity contribution is 0.298. The highest BCUT2D eigenvalue weighted by Gasteiger charge is 2.33. The minimum Gasteiger partial charge on any atom is -0.386 e. The number of phosphoric ester groups is 1. The molecule has 6 heteroatoms. The maximum absolute atomic E-state index is 13.1. The topological polar surface area (TPSA) is 44.8 Å². The molecule has 0 amide bonds. The van der Waals surface area contributed by atoms with E-state index in [9.17, 15) is 4.57 Å². The molecule has 0 radical (unpaired) electrons. The van der Waals surface area contributed by atoms with Crippen LogP contribution in [0.15, 0.2) is 133 Å². The Balaban J connectivity index is 0.000000207. The molecule has 0 aliphatic rings. The smallest absolute Gasteiger partial charge is 0.386 e. The molecule has 0 bridgehead atoms. The van der Waals surface area contributed by atoms with E-state index in [0.29, 0.717) is 17.2 Å². The summed E-state index contributed by atoms with van der Waals surface area (Å²) >= 11 is 5.82. The van der Waals surface area contributed by atoms with Crippen molar-refractivity contribution in [2.45, 2.75) is 0 Å². The first-order valence-electron chi connectivity index (χ1n) is 10.6. The number of phosphoric acid groups is 1. The molecule has 0 aliphatic carbocycles. The zero-order chi connectivity index (χ0) is 23.6. The first-order chi connectivity index (χ1) is 16.6. The van der Waals surface area contributed by atoms with Gasteiger partial charge < -0.3 is 13.6 Å². The molecule has 34 heavy (non-hydrogen) atoms. The Morgan fingerprint density at radius 2 is 0.853 bits per heavy atom. The van der Waals surface area contributed by atoms with E-state index in [-0.39, 0.29) is 0 Å². The van der Waals surface area contributed by atoms with Gasteiger partial charge in [-0.15, -0.1) is 0 Å². The van der Waals surface area contributed by atoms with E-state index in [2.05, 4.69) is 12.1 Å². The summed E-state index contributed by atoms with van der Waals surface area (Å²) in [6, 6.07) is 40.4. The summed E-state index contributed by atoms with van der Waals surface area (Å²) in [5.74, 6) is 1.22. The number of benzene rings is 5. The zero-order valence-electron chi connectivity index (χ0n) is 18.2. The van der Waals surface area contributed by atoms with Crippen LogP contribution < -0.4 is 13.6 Å². The first kappa shape index (κ1) is 23.4. The number of hydrogen-bond acceptors (Lipinski definition) is 4. The minimum absolute atomic E-state index is 0.405. The quantitative estimate of drug-likeness (QED) is 0.224. The van der Waals surface area contributed by atoms with E-state index >= 15 is 0 Å². The van der Waals surface area contributed by atoms with Gasteiger partial charge in [-0.2, -0.15) is 4.57 Å². The highest BCUT2D eigenvalue weighted by molar-refractivity contribution is 7.49. The molecule has 0 aliphatic heterocycles. The van der Waals surface area contributed by atoms with Crippen LogP contribution in [0.2, 0.25) is 5.02 Å². The van der Waals surface area contributed by atoms with Crippen molar-refractivity contribution in [3.05, 3.63) is 138 Å².